The lowest BCUT2D eigenvalue weighted by atomic mass is 10.0. The van der Waals surface area contributed by atoms with Crippen LogP contribution in [0.15, 0.2) is 77.4 Å². The zero-order valence-electron chi connectivity index (χ0n) is 21.2. The molecule has 2 atom stereocenters. The van der Waals surface area contributed by atoms with Crippen molar-refractivity contribution in [1.29, 1.82) is 0 Å². The topological polar surface area (TPSA) is 101 Å². The third-order valence-corrected chi connectivity index (χ3v) is 6.40. The average molecular weight is 504 g/mol. The van der Waals surface area contributed by atoms with E-state index in [9.17, 15) is 14.4 Å². The van der Waals surface area contributed by atoms with Gasteiger partial charge in [-0.3, -0.25) is 19.3 Å². The van der Waals surface area contributed by atoms with Crippen LogP contribution in [0.2, 0.25) is 0 Å². The normalized spacial score (nSPS) is 15.8. The van der Waals surface area contributed by atoms with Crippen molar-refractivity contribution in [2.45, 2.75) is 44.8 Å². The van der Waals surface area contributed by atoms with E-state index in [1.165, 1.54) is 17.2 Å². The van der Waals surface area contributed by atoms with E-state index < -0.39 is 17.9 Å². The van der Waals surface area contributed by atoms with E-state index in [-0.39, 0.29) is 24.3 Å². The molecule has 1 aliphatic heterocycles. The SMILES string of the molecule is CC(C)c1ccc(N(C(=O)CNC(=O)c2ccco2)[C@H](C(=O)NC[C@H]2CCCO2)c2ccccc2)cc1. The molecule has 1 saturated heterocycles. The molecular formula is C29H33N3O5. The highest BCUT2D eigenvalue weighted by Crippen LogP contribution is 2.29. The van der Waals surface area contributed by atoms with Gasteiger partial charge in [0.25, 0.3) is 5.91 Å². The average Bonchev–Trinajstić information content (AvgIpc) is 3.64. The Morgan fingerprint density at radius 2 is 1.70 bits per heavy atom. The minimum Gasteiger partial charge on any atom is -0.459 e. The van der Waals surface area contributed by atoms with E-state index in [1.54, 1.807) is 6.07 Å². The summed E-state index contributed by atoms with van der Waals surface area (Å²) >= 11 is 0. The monoisotopic (exact) mass is 503 g/mol. The Bertz CT molecular complexity index is 1170. The summed E-state index contributed by atoms with van der Waals surface area (Å²) in [4.78, 5) is 41.2. The summed E-state index contributed by atoms with van der Waals surface area (Å²) < 4.78 is 10.8. The van der Waals surface area contributed by atoms with Crippen molar-refractivity contribution in [2.75, 3.05) is 24.6 Å². The molecule has 0 radical (unpaired) electrons. The van der Waals surface area contributed by atoms with Gasteiger partial charge >= 0.3 is 0 Å². The number of rotatable bonds is 10. The van der Waals surface area contributed by atoms with Gasteiger partial charge in [0, 0.05) is 18.8 Å². The number of carbonyl (C=O) groups excluding carboxylic acids is 3. The molecule has 2 aromatic carbocycles. The highest BCUT2D eigenvalue weighted by atomic mass is 16.5. The Kier molecular flexibility index (Phi) is 8.74. The quantitative estimate of drug-likeness (QED) is 0.432. The Hall–Kier alpha value is -3.91. The standard InChI is InChI=1S/C29H33N3O5/c1-20(2)21-12-14-23(15-13-21)32(26(33)19-31-28(34)25-11-7-17-37-25)27(22-8-4-3-5-9-22)29(35)30-18-24-10-6-16-36-24/h3-5,7-9,11-15,17,20,24,27H,6,10,16,18-19H2,1-2H3,(H,30,35)(H,31,34)/t24-,27+/m1/s1. The fourth-order valence-corrected chi connectivity index (χ4v) is 4.36. The fourth-order valence-electron chi connectivity index (χ4n) is 4.36. The van der Waals surface area contributed by atoms with E-state index in [1.807, 2.05) is 54.6 Å². The number of carbonyl (C=O) groups is 3. The number of ether oxygens (including phenoxy) is 1. The van der Waals surface area contributed by atoms with Crippen molar-refractivity contribution in [1.82, 2.24) is 10.6 Å². The smallest absolute Gasteiger partial charge is 0.287 e. The van der Waals surface area contributed by atoms with Crippen LogP contribution in [0.25, 0.3) is 0 Å². The second-order valence-electron chi connectivity index (χ2n) is 9.36. The molecule has 0 bridgehead atoms. The second kappa shape index (κ2) is 12.4. The number of amides is 3. The molecule has 0 saturated carbocycles. The predicted molar refractivity (Wildman–Crippen MR) is 140 cm³/mol. The molecule has 1 fully saturated rings. The molecule has 0 unspecified atom stereocenters. The van der Waals surface area contributed by atoms with Gasteiger partial charge in [-0.2, -0.15) is 0 Å². The third-order valence-electron chi connectivity index (χ3n) is 6.40. The van der Waals surface area contributed by atoms with Crippen molar-refractivity contribution in [3.63, 3.8) is 0 Å². The fraction of sp³-hybridized carbons (Fsp3) is 0.345. The molecule has 3 amide bonds. The number of anilines is 1. The Morgan fingerprint density at radius 3 is 2.32 bits per heavy atom. The largest absolute Gasteiger partial charge is 0.459 e. The predicted octanol–water partition coefficient (Wildman–Crippen LogP) is 4.20. The first-order chi connectivity index (χ1) is 17.9. The van der Waals surface area contributed by atoms with Crippen LogP contribution in [0.3, 0.4) is 0 Å². The van der Waals surface area contributed by atoms with E-state index in [0.29, 0.717) is 30.3 Å². The Balaban J connectivity index is 1.64. The van der Waals surface area contributed by atoms with Crippen molar-refractivity contribution in [3.8, 4) is 0 Å². The van der Waals surface area contributed by atoms with Gasteiger partial charge in [0.2, 0.25) is 11.8 Å². The molecule has 1 aromatic heterocycles. The van der Waals surface area contributed by atoms with Gasteiger partial charge in [-0.1, -0.05) is 56.3 Å². The Labute approximate surface area is 217 Å². The number of hydrogen-bond donors (Lipinski definition) is 2. The maximum Gasteiger partial charge on any atom is 0.287 e. The number of nitrogens with zero attached hydrogens (tertiary/aromatic N) is 1. The summed E-state index contributed by atoms with van der Waals surface area (Å²) in [5, 5.41) is 5.60. The zero-order chi connectivity index (χ0) is 26.2. The molecule has 2 heterocycles. The van der Waals surface area contributed by atoms with Gasteiger partial charge in [0.1, 0.15) is 6.04 Å². The molecule has 8 heteroatoms. The van der Waals surface area contributed by atoms with Crippen LogP contribution in [0, 0.1) is 0 Å². The maximum atomic E-state index is 13.7. The van der Waals surface area contributed by atoms with Crippen molar-refractivity contribution in [2.24, 2.45) is 0 Å². The first-order valence-electron chi connectivity index (χ1n) is 12.6. The van der Waals surface area contributed by atoms with Crippen molar-refractivity contribution < 1.29 is 23.5 Å². The van der Waals surface area contributed by atoms with E-state index >= 15 is 0 Å². The first-order valence-corrected chi connectivity index (χ1v) is 12.6. The summed E-state index contributed by atoms with van der Waals surface area (Å²) in [6.07, 6.45) is 3.20. The number of hydrogen-bond acceptors (Lipinski definition) is 5. The highest BCUT2D eigenvalue weighted by Gasteiger charge is 2.33. The van der Waals surface area contributed by atoms with Crippen molar-refractivity contribution in [3.05, 3.63) is 89.9 Å². The van der Waals surface area contributed by atoms with Crippen LogP contribution in [0.4, 0.5) is 5.69 Å². The lowest BCUT2D eigenvalue weighted by Crippen LogP contribution is -2.48. The lowest BCUT2D eigenvalue weighted by molar-refractivity contribution is -0.126. The van der Waals surface area contributed by atoms with Crippen LogP contribution < -0.4 is 15.5 Å². The van der Waals surface area contributed by atoms with Crippen LogP contribution in [-0.4, -0.2) is 43.5 Å². The molecule has 8 nitrogen and oxygen atoms in total. The van der Waals surface area contributed by atoms with Gasteiger partial charge in [-0.25, -0.2) is 0 Å². The summed E-state index contributed by atoms with van der Waals surface area (Å²) in [5.74, 6) is -0.841. The zero-order valence-corrected chi connectivity index (χ0v) is 21.2. The molecular weight excluding hydrogens is 470 g/mol. The van der Waals surface area contributed by atoms with Crippen LogP contribution >= 0.6 is 0 Å². The first kappa shape index (κ1) is 26.2. The van der Waals surface area contributed by atoms with Crippen molar-refractivity contribution >= 4 is 23.4 Å². The second-order valence-corrected chi connectivity index (χ2v) is 9.36. The number of benzene rings is 2. The molecule has 0 aliphatic carbocycles. The van der Waals surface area contributed by atoms with Crippen LogP contribution in [-0.2, 0) is 14.3 Å². The molecule has 2 N–H and O–H groups in total. The molecule has 3 aromatic rings. The van der Waals surface area contributed by atoms with Gasteiger partial charge in [-0.05, 0) is 54.2 Å². The van der Waals surface area contributed by atoms with E-state index in [4.69, 9.17) is 9.15 Å². The van der Waals surface area contributed by atoms with Crippen LogP contribution in [0.1, 0.15) is 60.3 Å². The Morgan fingerprint density at radius 1 is 0.946 bits per heavy atom. The van der Waals surface area contributed by atoms with Gasteiger partial charge in [-0.15, -0.1) is 0 Å². The third kappa shape index (κ3) is 6.65. The van der Waals surface area contributed by atoms with E-state index in [0.717, 1.165) is 18.4 Å². The molecule has 37 heavy (non-hydrogen) atoms. The molecule has 4 rings (SSSR count). The van der Waals surface area contributed by atoms with Gasteiger partial charge < -0.3 is 19.8 Å². The number of furan rings is 1. The molecule has 194 valence electrons. The van der Waals surface area contributed by atoms with Gasteiger partial charge in [0.05, 0.1) is 18.9 Å². The summed E-state index contributed by atoms with van der Waals surface area (Å²) in [6.45, 7) is 4.92. The maximum absolute atomic E-state index is 13.7. The summed E-state index contributed by atoms with van der Waals surface area (Å²) in [7, 11) is 0. The summed E-state index contributed by atoms with van der Waals surface area (Å²) in [5.41, 5.74) is 2.33. The minimum absolute atomic E-state index is 0.0394. The highest BCUT2D eigenvalue weighted by molar-refractivity contribution is 6.04. The molecule has 1 aliphatic rings. The number of nitrogens with one attached hydrogen (secondary N) is 2. The van der Waals surface area contributed by atoms with Gasteiger partial charge in [0.15, 0.2) is 5.76 Å². The minimum atomic E-state index is -0.944. The van der Waals surface area contributed by atoms with E-state index in [2.05, 4.69) is 24.5 Å². The lowest BCUT2D eigenvalue weighted by Gasteiger charge is -2.32. The summed E-state index contributed by atoms with van der Waals surface area (Å²) in [6, 6.07) is 18.9. The van der Waals surface area contributed by atoms with Crippen LogP contribution in [0.5, 0.6) is 0 Å². The molecule has 0 spiro atoms.